The maximum atomic E-state index is 12.3. The highest BCUT2D eigenvalue weighted by molar-refractivity contribution is 5.77. The van der Waals surface area contributed by atoms with Gasteiger partial charge in [0, 0.05) is 39.0 Å². The summed E-state index contributed by atoms with van der Waals surface area (Å²) in [6.07, 6.45) is 7.18. The Morgan fingerprint density at radius 3 is 2.21 bits per heavy atom. The van der Waals surface area contributed by atoms with Crippen LogP contribution < -0.4 is 10.6 Å². The number of nitrogens with one attached hydrogen (secondary N) is 2. The maximum absolute atomic E-state index is 12.3. The Kier molecular flexibility index (Phi) is 8.58. The Hall–Kier alpha value is -1.79. The van der Waals surface area contributed by atoms with Gasteiger partial charge < -0.3 is 20.3 Å². The fourth-order valence-electron chi connectivity index (χ4n) is 3.94. The van der Waals surface area contributed by atoms with Crippen LogP contribution in [0.2, 0.25) is 0 Å². The van der Waals surface area contributed by atoms with Crippen LogP contribution in [-0.2, 0) is 14.3 Å². The molecule has 3 amide bonds. The monoisotopic (exact) mass is 395 g/mol. The Morgan fingerprint density at radius 2 is 1.61 bits per heavy atom. The van der Waals surface area contributed by atoms with Crippen LogP contribution >= 0.6 is 0 Å². The highest BCUT2D eigenvalue weighted by Gasteiger charge is 2.24. The normalized spacial score (nSPS) is 18.8. The average Bonchev–Trinajstić information content (AvgIpc) is 3.11. The second-order valence-corrected chi connectivity index (χ2v) is 9.16. The Labute approximate surface area is 168 Å². The molecule has 28 heavy (non-hydrogen) atoms. The van der Waals surface area contributed by atoms with E-state index in [1.165, 1.54) is 25.7 Å². The summed E-state index contributed by atoms with van der Waals surface area (Å²) < 4.78 is 5.16. The molecule has 2 aliphatic rings. The zero-order chi connectivity index (χ0) is 20.6. The van der Waals surface area contributed by atoms with Gasteiger partial charge in [0.1, 0.15) is 5.60 Å². The molecular weight excluding hydrogens is 358 g/mol. The number of hydrogen-bond acceptors (Lipinski definition) is 4. The second kappa shape index (κ2) is 10.7. The Morgan fingerprint density at radius 1 is 0.964 bits per heavy atom. The van der Waals surface area contributed by atoms with E-state index in [9.17, 15) is 14.4 Å². The van der Waals surface area contributed by atoms with Crippen LogP contribution in [0.15, 0.2) is 0 Å². The molecule has 0 aromatic rings. The minimum Gasteiger partial charge on any atom is -0.444 e. The molecule has 2 fully saturated rings. The Bertz CT molecular complexity index is 530. The number of nitrogens with zero attached hydrogens (tertiary/aromatic N) is 1. The molecule has 0 aromatic heterocycles. The lowest BCUT2D eigenvalue weighted by Crippen LogP contribution is -2.42. The molecule has 0 atom stereocenters. The number of amides is 3. The van der Waals surface area contributed by atoms with Gasteiger partial charge in [-0.1, -0.05) is 12.8 Å². The highest BCUT2D eigenvalue weighted by atomic mass is 16.6. The molecule has 1 saturated carbocycles. The van der Waals surface area contributed by atoms with Gasteiger partial charge >= 0.3 is 6.09 Å². The summed E-state index contributed by atoms with van der Waals surface area (Å²) in [5.41, 5.74) is -0.539. The van der Waals surface area contributed by atoms with E-state index in [1.807, 2.05) is 4.90 Å². The molecule has 1 saturated heterocycles. The van der Waals surface area contributed by atoms with Crippen molar-refractivity contribution in [3.63, 3.8) is 0 Å². The van der Waals surface area contributed by atoms with Gasteiger partial charge in [-0.05, 0) is 58.3 Å². The number of hydrogen-bond donors (Lipinski definition) is 2. The van der Waals surface area contributed by atoms with Crippen LogP contribution in [0.5, 0.6) is 0 Å². The summed E-state index contributed by atoms with van der Waals surface area (Å²) in [7, 11) is 0. The van der Waals surface area contributed by atoms with E-state index in [1.54, 1.807) is 20.8 Å². The van der Waals surface area contributed by atoms with Crippen molar-refractivity contribution in [3.05, 3.63) is 0 Å². The minimum atomic E-state index is -0.539. The van der Waals surface area contributed by atoms with E-state index >= 15 is 0 Å². The number of carbonyl (C=O) groups excluding carboxylic acids is 3. The summed E-state index contributed by atoms with van der Waals surface area (Å²) >= 11 is 0. The predicted octanol–water partition coefficient (Wildman–Crippen LogP) is 2.84. The first-order valence-electron chi connectivity index (χ1n) is 10.7. The van der Waals surface area contributed by atoms with Crippen molar-refractivity contribution >= 4 is 17.9 Å². The molecule has 2 N–H and O–H groups in total. The molecule has 7 nitrogen and oxygen atoms in total. The lowest BCUT2D eigenvalue weighted by Gasteiger charge is -2.32. The average molecular weight is 396 g/mol. The second-order valence-electron chi connectivity index (χ2n) is 9.16. The maximum Gasteiger partial charge on any atom is 0.407 e. The van der Waals surface area contributed by atoms with Crippen molar-refractivity contribution in [2.75, 3.05) is 26.2 Å². The summed E-state index contributed by atoms with van der Waals surface area (Å²) in [5, 5.41) is 5.71. The number of piperidine rings is 1. The van der Waals surface area contributed by atoms with Crippen molar-refractivity contribution < 1.29 is 19.1 Å². The molecule has 7 heteroatoms. The number of ether oxygens (including phenoxy) is 1. The van der Waals surface area contributed by atoms with Gasteiger partial charge in [0.05, 0.1) is 0 Å². The first kappa shape index (κ1) is 22.5. The smallest absolute Gasteiger partial charge is 0.407 e. The molecule has 1 aliphatic heterocycles. The summed E-state index contributed by atoms with van der Waals surface area (Å²) in [6, 6.07) is 0. The topological polar surface area (TPSA) is 87.7 Å². The molecule has 0 spiro atoms. The van der Waals surface area contributed by atoms with Gasteiger partial charge in [-0.25, -0.2) is 4.79 Å². The van der Waals surface area contributed by atoms with Crippen LogP contribution in [0.25, 0.3) is 0 Å². The quantitative estimate of drug-likeness (QED) is 0.694. The lowest BCUT2D eigenvalue weighted by molar-refractivity contribution is -0.132. The molecule has 1 heterocycles. The molecule has 0 bridgehead atoms. The van der Waals surface area contributed by atoms with Crippen LogP contribution in [0.1, 0.15) is 72.1 Å². The zero-order valence-electron chi connectivity index (χ0n) is 17.7. The van der Waals surface area contributed by atoms with Gasteiger partial charge in [-0.2, -0.15) is 0 Å². The predicted molar refractivity (Wildman–Crippen MR) is 108 cm³/mol. The zero-order valence-corrected chi connectivity index (χ0v) is 17.7. The molecule has 160 valence electrons. The third kappa shape index (κ3) is 8.48. The van der Waals surface area contributed by atoms with Crippen LogP contribution in [-0.4, -0.2) is 54.6 Å². The van der Waals surface area contributed by atoms with E-state index in [0.29, 0.717) is 37.9 Å². The SMILES string of the molecule is CC(C)(C)OC(=O)NCCC(=O)N1CCC(CNC(=O)CC2CCCC2)CC1. The van der Waals surface area contributed by atoms with Gasteiger partial charge in [0.25, 0.3) is 0 Å². The molecule has 0 aromatic carbocycles. The van der Waals surface area contributed by atoms with Crippen molar-refractivity contribution in [2.24, 2.45) is 11.8 Å². The summed E-state index contributed by atoms with van der Waals surface area (Å²) in [4.78, 5) is 37.8. The minimum absolute atomic E-state index is 0.0553. The molecule has 2 rings (SSSR count). The fraction of sp³-hybridized carbons (Fsp3) is 0.857. The first-order valence-corrected chi connectivity index (χ1v) is 10.7. The van der Waals surface area contributed by atoms with E-state index in [0.717, 1.165) is 12.8 Å². The van der Waals surface area contributed by atoms with Gasteiger partial charge in [-0.3, -0.25) is 9.59 Å². The largest absolute Gasteiger partial charge is 0.444 e. The van der Waals surface area contributed by atoms with Crippen LogP contribution in [0.3, 0.4) is 0 Å². The number of alkyl carbamates (subject to hydrolysis) is 1. The van der Waals surface area contributed by atoms with Crippen molar-refractivity contribution in [1.82, 2.24) is 15.5 Å². The number of rotatable bonds is 7. The van der Waals surface area contributed by atoms with Gasteiger partial charge in [-0.15, -0.1) is 0 Å². The highest BCUT2D eigenvalue weighted by Crippen LogP contribution is 2.27. The van der Waals surface area contributed by atoms with Crippen LogP contribution in [0, 0.1) is 11.8 Å². The summed E-state index contributed by atoms with van der Waals surface area (Å²) in [6.45, 7) is 7.85. The summed E-state index contributed by atoms with van der Waals surface area (Å²) in [5.74, 6) is 1.25. The lowest BCUT2D eigenvalue weighted by atomic mass is 9.96. The third-order valence-corrected chi connectivity index (χ3v) is 5.51. The molecular formula is C21H37N3O4. The van der Waals surface area contributed by atoms with E-state index in [-0.39, 0.29) is 24.8 Å². The van der Waals surface area contributed by atoms with E-state index in [4.69, 9.17) is 4.74 Å². The van der Waals surface area contributed by atoms with Crippen molar-refractivity contribution in [2.45, 2.75) is 77.7 Å². The van der Waals surface area contributed by atoms with Gasteiger partial charge in [0.15, 0.2) is 0 Å². The molecule has 0 radical (unpaired) electrons. The first-order chi connectivity index (χ1) is 13.2. The van der Waals surface area contributed by atoms with E-state index in [2.05, 4.69) is 10.6 Å². The van der Waals surface area contributed by atoms with Crippen molar-refractivity contribution in [3.8, 4) is 0 Å². The fourth-order valence-corrected chi connectivity index (χ4v) is 3.94. The standard InChI is InChI=1S/C21H37N3O4/c1-21(2,3)28-20(27)22-11-8-19(26)24-12-9-17(10-13-24)15-23-18(25)14-16-6-4-5-7-16/h16-17H,4-15H2,1-3H3,(H,22,27)(H,23,25). The third-order valence-electron chi connectivity index (χ3n) is 5.51. The van der Waals surface area contributed by atoms with E-state index < -0.39 is 11.7 Å². The van der Waals surface area contributed by atoms with Crippen molar-refractivity contribution in [1.29, 1.82) is 0 Å². The number of carbonyl (C=O) groups is 3. The number of likely N-dealkylation sites (tertiary alicyclic amines) is 1. The van der Waals surface area contributed by atoms with Gasteiger partial charge in [0.2, 0.25) is 11.8 Å². The van der Waals surface area contributed by atoms with Crippen LogP contribution in [0.4, 0.5) is 4.79 Å². The molecule has 0 unspecified atom stereocenters. The Balaban J connectivity index is 1.56. The molecule has 1 aliphatic carbocycles.